The summed E-state index contributed by atoms with van der Waals surface area (Å²) in [6, 6.07) is 13.6. The second-order valence-corrected chi connectivity index (χ2v) is 7.68. The lowest BCUT2D eigenvalue weighted by Gasteiger charge is -2.09. The molecule has 0 aliphatic carbocycles. The Morgan fingerprint density at radius 3 is 2.50 bits per heavy atom. The molecular weight excluding hydrogens is 447 g/mol. The Hall–Kier alpha value is -3.92. The first kappa shape index (κ1) is 23.2. The predicted molar refractivity (Wildman–Crippen MR) is 122 cm³/mol. The van der Waals surface area contributed by atoms with Gasteiger partial charge in [0.1, 0.15) is 11.5 Å². The maximum Gasteiger partial charge on any atom is 0.416 e. The Labute approximate surface area is 193 Å². The largest absolute Gasteiger partial charge is 0.457 e. The van der Waals surface area contributed by atoms with Gasteiger partial charge in [-0.2, -0.15) is 13.2 Å². The van der Waals surface area contributed by atoms with E-state index >= 15 is 0 Å². The van der Waals surface area contributed by atoms with Crippen LogP contribution in [0.15, 0.2) is 60.8 Å². The van der Waals surface area contributed by atoms with E-state index in [1.54, 1.807) is 49.1 Å². The van der Waals surface area contributed by atoms with Crippen molar-refractivity contribution in [3.8, 4) is 11.5 Å². The molecule has 0 spiro atoms. The Kier molecular flexibility index (Phi) is 6.51. The van der Waals surface area contributed by atoms with Gasteiger partial charge in [-0.15, -0.1) is 0 Å². The number of aryl methyl sites for hydroxylation is 1. The zero-order valence-electron chi connectivity index (χ0n) is 18.5. The number of aromatic nitrogens is 3. The van der Waals surface area contributed by atoms with Crippen LogP contribution >= 0.6 is 0 Å². The number of alkyl halides is 3. The van der Waals surface area contributed by atoms with Gasteiger partial charge >= 0.3 is 6.18 Å². The molecule has 2 aromatic carbocycles. The third-order valence-corrected chi connectivity index (χ3v) is 5.10. The summed E-state index contributed by atoms with van der Waals surface area (Å²) < 4.78 is 46.1. The van der Waals surface area contributed by atoms with Gasteiger partial charge in [-0.3, -0.25) is 9.78 Å². The van der Waals surface area contributed by atoms with Crippen molar-refractivity contribution < 1.29 is 22.7 Å². The molecule has 2 heterocycles. The van der Waals surface area contributed by atoms with Crippen LogP contribution in [0.3, 0.4) is 0 Å². The first-order valence-electron chi connectivity index (χ1n) is 10.4. The maximum atomic E-state index is 12.8. The summed E-state index contributed by atoms with van der Waals surface area (Å²) in [5.41, 5.74) is 1.85. The second kappa shape index (κ2) is 9.52. The SMILES string of the molecule is CNCC(=O)Cc1cc(Oc2ccc3c(c2)nc(Nc2ccc(C(F)(F)F)cc2)n3C)ccn1. The van der Waals surface area contributed by atoms with Crippen LogP contribution in [0, 0.1) is 0 Å². The smallest absolute Gasteiger partial charge is 0.416 e. The van der Waals surface area contributed by atoms with Crippen molar-refractivity contribution in [2.75, 3.05) is 18.9 Å². The highest BCUT2D eigenvalue weighted by Gasteiger charge is 2.30. The highest BCUT2D eigenvalue weighted by molar-refractivity contribution is 5.82. The number of nitrogens with one attached hydrogen (secondary N) is 2. The van der Waals surface area contributed by atoms with Crippen molar-refractivity contribution in [3.63, 3.8) is 0 Å². The molecule has 0 aliphatic heterocycles. The summed E-state index contributed by atoms with van der Waals surface area (Å²) in [6.45, 7) is 0.270. The fraction of sp³-hybridized carbons (Fsp3) is 0.208. The number of Topliss-reactive ketones (excluding diaryl/α,β-unsaturated/α-hetero) is 1. The predicted octanol–water partition coefficient (Wildman–Crippen LogP) is 4.85. The number of fused-ring (bicyclic) bond motifs is 1. The van der Waals surface area contributed by atoms with Crippen molar-refractivity contribution >= 4 is 28.5 Å². The van der Waals surface area contributed by atoms with Crippen molar-refractivity contribution in [2.45, 2.75) is 12.6 Å². The van der Waals surface area contributed by atoms with E-state index in [9.17, 15) is 18.0 Å². The minimum absolute atomic E-state index is 0.0233. The summed E-state index contributed by atoms with van der Waals surface area (Å²) in [6.07, 6.45) is -2.59. The Morgan fingerprint density at radius 1 is 1.06 bits per heavy atom. The Morgan fingerprint density at radius 2 is 1.79 bits per heavy atom. The minimum Gasteiger partial charge on any atom is -0.457 e. The van der Waals surface area contributed by atoms with Gasteiger partial charge in [0, 0.05) is 31.1 Å². The number of likely N-dealkylation sites (N-methyl/N-ethyl adjacent to an activating group) is 1. The molecule has 0 bridgehead atoms. The first-order chi connectivity index (χ1) is 16.2. The lowest BCUT2D eigenvalue weighted by molar-refractivity contribution is -0.137. The highest BCUT2D eigenvalue weighted by atomic mass is 19.4. The molecule has 0 atom stereocenters. The summed E-state index contributed by atoms with van der Waals surface area (Å²) in [7, 11) is 3.52. The maximum absolute atomic E-state index is 12.8. The van der Waals surface area contributed by atoms with Gasteiger partial charge in [0.25, 0.3) is 0 Å². The number of hydrogen-bond acceptors (Lipinski definition) is 6. The number of anilines is 2. The number of nitrogens with zero attached hydrogens (tertiary/aromatic N) is 3. The monoisotopic (exact) mass is 469 g/mol. The summed E-state index contributed by atoms with van der Waals surface area (Å²) >= 11 is 0. The fourth-order valence-corrected chi connectivity index (χ4v) is 3.44. The van der Waals surface area contributed by atoms with Crippen LogP contribution in [0.25, 0.3) is 11.0 Å². The van der Waals surface area contributed by atoms with Crippen molar-refractivity contribution in [2.24, 2.45) is 7.05 Å². The van der Waals surface area contributed by atoms with E-state index in [1.165, 1.54) is 12.1 Å². The molecule has 176 valence electrons. The van der Waals surface area contributed by atoms with Crippen LogP contribution in [0.4, 0.5) is 24.8 Å². The number of ketones is 1. The van der Waals surface area contributed by atoms with Crippen molar-refractivity contribution in [1.29, 1.82) is 0 Å². The van der Waals surface area contributed by atoms with Gasteiger partial charge in [0.15, 0.2) is 5.78 Å². The molecule has 0 radical (unpaired) electrons. The molecule has 0 saturated heterocycles. The standard InChI is InChI=1S/C24H22F3N5O2/c1-28-14-18(33)11-17-12-20(9-10-29-17)34-19-7-8-22-21(13-19)31-23(32(22)2)30-16-5-3-15(4-6-16)24(25,26)27/h3-10,12-13,28H,11,14H2,1-2H3,(H,30,31). The first-order valence-corrected chi connectivity index (χ1v) is 10.4. The molecule has 4 aromatic rings. The zero-order valence-corrected chi connectivity index (χ0v) is 18.5. The molecular formula is C24H22F3N5O2. The van der Waals surface area contributed by atoms with E-state index in [-0.39, 0.29) is 18.7 Å². The Bertz CT molecular complexity index is 1320. The van der Waals surface area contributed by atoms with E-state index in [0.29, 0.717) is 34.3 Å². The molecule has 0 saturated carbocycles. The number of carbonyl (C=O) groups is 1. The molecule has 34 heavy (non-hydrogen) atoms. The molecule has 0 fully saturated rings. The van der Waals surface area contributed by atoms with Gasteiger partial charge < -0.3 is 19.9 Å². The molecule has 0 unspecified atom stereocenters. The average Bonchev–Trinajstić information content (AvgIpc) is 3.08. The number of halogens is 3. The number of pyridine rings is 1. The number of rotatable bonds is 8. The van der Waals surface area contributed by atoms with Gasteiger partial charge in [-0.1, -0.05) is 0 Å². The van der Waals surface area contributed by atoms with Gasteiger partial charge in [-0.05, 0) is 49.5 Å². The average molecular weight is 469 g/mol. The lowest BCUT2D eigenvalue weighted by Crippen LogP contribution is -2.20. The zero-order chi connectivity index (χ0) is 24.3. The fourth-order valence-electron chi connectivity index (χ4n) is 3.44. The molecule has 10 heteroatoms. The van der Waals surface area contributed by atoms with Gasteiger partial charge in [0.2, 0.25) is 5.95 Å². The summed E-state index contributed by atoms with van der Waals surface area (Å²) in [5, 5.41) is 5.87. The minimum atomic E-state index is -4.38. The van der Waals surface area contributed by atoms with Crippen molar-refractivity contribution in [1.82, 2.24) is 19.9 Å². The van der Waals surface area contributed by atoms with Crippen LogP contribution < -0.4 is 15.4 Å². The molecule has 2 N–H and O–H groups in total. The van der Waals surface area contributed by atoms with Crippen LogP contribution in [0.5, 0.6) is 11.5 Å². The number of benzene rings is 2. The summed E-state index contributed by atoms with van der Waals surface area (Å²) in [5.74, 6) is 1.59. The quantitative estimate of drug-likeness (QED) is 0.384. The van der Waals surface area contributed by atoms with Gasteiger partial charge in [-0.25, -0.2) is 4.98 Å². The van der Waals surface area contributed by atoms with Crippen LogP contribution in [-0.4, -0.2) is 33.9 Å². The second-order valence-electron chi connectivity index (χ2n) is 7.68. The van der Waals surface area contributed by atoms with Gasteiger partial charge in [0.05, 0.1) is 35.3 Å². The van der Waals surface area contributed by atoms with E-state index in [2.05, 4.69) is 20.6 Å². The molecule has 0 amide bonds. The number of hydrogen-bond donors (Lipinski definition) is 2. The third kappa shape index (κ3) is 5.34. The molecule has 0 aliphatic rings. The normalized spacial score (nSPS) is 11.6. The number of ether oxygens (including phenoxy) is 1. The van der Waals surface area contributed by atoms with E-state index in [1.807, 2.05) is 6.07 Å². The van der Waals surface area contributed by atoms with Crippen LogP contribution in [0.1, 0.15) is 11.3 Å². The number of imidazole rings is 1. The van der Waals surface area contributed by atoms with Crippen LogP contribution in [-0.2, 0) is 24.4 Å². The van der Waals surface area contributed by atoms with Crippen molar-refractivity contribution in [3.05, 3.63) is 72.1 Å². The summed E-state index contributed by atoms with van der Waals surface area (Å²) in [4.78, 5) is 20.6. The molecule has 4 rings (SSSR count). The lowest BCUT2D eigenvalue weighted by atomic mass is 10.2. The van der Waals surface area contributed by atoms with E-state index in [4.69, 9.17) is 4.74 Å². The van der Waals surface area contributed by atoms with Crippen LogP contribution in [0.2, 0.25) is 0 Å². The van der Waals surface area contributed by atoms with E-state index in [0.717, 1.165) is 17.6 Å². The highest BCUT2D eigenvalue weighted by Crippen LogP contribution is 2.31. The third-order valence-electron chi connectivity index (χ3n) is 5.10. The Balaban J connectivity index is 1.51. The number of carbonyl (C=O) groups excluding carboxylic acids is 1. The molecule has 2 aromatic heterocycles. The van der Waals surface area contributed by atoms with E-state index < -0.39 is 11.7 Å². The topological polar surface area (TPSA) is 81.1 Å². The molecule has 7 nitrogen and oxygen atoms in total.